The Kier molecular flexibility index (Phi) is 4.18. The largest absolute Gasteiger partial charge is 0.378 e. The maximum atomic E-state index is 10.6. The fraction of sp³-hybridized carbons (Fsp3) is 0.412. The van der Waals surface area contributed by atoms with Crippen molar-refractivity contribution in [2.75, 3.05) is 37.8 Å². The van der Waals surface area contributed by atoms with E-state index < -0.39 is 0 Å². The molecule has 2 aliphatic rings. The van der Waals surface area contributed by atoms with E-state index in [1.54, 1.807) is 12.1 Å². The van der Waals surface area contributed by atoms with Gasteiger partial charge in [0.1, 0.15) is 11.5 Å². The number of hydrogen-bond acceptors (Lipinski definition) is 7. The summed E-state index contributed by atoms with van der Waals surface area (Å²) in [5, 5.41) is 2.93. The molecule has 0 atom stereocenters. The topological polar surface area (TPSA) is 76.9 Å². The number of nitrogens with zero attached hydrogens (tertiary/aromatic N) is 4. The lowest BCUT2D eigenvalue weighted by Gasteiger charge is -2.31. The molecule has 0 aliphatic carbocycles. The first-order valence-corrected chi connectivity index (χ1v) is 8.09. The molecule has 24 heavy (non-hydrogen) atoms. The van der Waals surface area contributed by atoms with Crippen molar-refractivity contribution in [2.45, 2.75) is 13.0 Å². The summed E-state index contributed by atoms with van der Waals surface area (Å²) in [6.07, 6.45) is 0.830. The first-order chi connectivity index (χ1) is 11.8. The summed E-state index contributed by atoms with van der Waals surface area (Å²) in [5.41, 5.74) is 3.39. The number of rotatable bonds is 3. The molecule has 1 saturated heterocycles. The van der Waals surface area contributed by atoms with Crippen molar-refractivity contribution >= 4 is 11.5 Å². The molecule has 0 bridgehead atoms. The van der Waals surface area contributed by atoms with Gasteiger partial charge < -0.3 is 14.4 Å². The van der Waals surface area contributed by atoms with E-state index in [9.17, 15) is 4.91 Å². The van der Waals surface area contributed by atoms with Crippen LogP contribution in [0.2, 0.25) is 0 Å². The van der Waals surface area contributed by atoms with Crippen molar-refractivity contribution in [2.24, 2.45) is 5.18 Å². The van der Waals surface area contributed by atoms with Gasteiger partial charge in [-0.05, 0) is 29.4 Å². The summed E-state index contributed by atoms with van der Waals surface area (Å²) < 4.78 is 11.0. The van der Waals surface area contributed by atoms with Gasteiger partial charge in [0.05, 0.1) is 32.1 Å². The van der Waals surface area contributed by atoms with Gasteiger partial charge in [0.25, 0.3) is 0 Å². The Morgan fingerprint density at radius 1 is 1.00 bits per heavy atom. The van der Waals surface area contributed by atoms with Crippen LogP contribution in [0.1, 0.15) is 11.3 Å². The van der Waals surface area contributed by atoms with Crippen LogP contribution in [0.5, 0.6) is 0 Å². The van der Waals surface area contributed by atoms with E-state index >= 15 is 0 Å². The van der Waals surface area contributed by atoms with Crippen LogP contribution in [0.3, 0.4) is 0 Å². The molecule has 7 heteroatoms. The Hall–Kier alpha value is -2.38. The van der Waals surface area contributed by atoms with Gasteiger partial charge in [0.2, 0.25) is 0 Å². The fourth-order valence-corrected chi connectivity index (χ4v) is 3.07. The molecule has 0 saturated carbocycles. The van der Waals surface area contributed by atoms with E-state index in [1.165, 1.54) is 5.56 Å². The van der Waals surface area contributed by atoms with E-state index in [4.69, 9.17) is 19.4 Å². The molecule has 1 fully saturated rings. The number of fused-ring (bicyclic) bond motifs is 1. The van der Waals surface area contributed by atoms with Crippen LogP contribution in [0.25, 0.3) is 11.4 Å². The minimum atomic E-state index is 0.397. The van der Waals surface area contributed by atoms with Crippen LogP contribution in [-0.4, -0.2) is 42.9 Å². The molecule has 7 nitrogen and oxygen atoms in total. The molecular formula is C17H18N4O3. The zero-order chi connectivity index (χ0) is 16.4. The molecular weight excluding hydrogens is 308 g/mol. The first-order valence-electron chi connectivity index (χ1n) is 8.09. The number of aromatic nitrogens is 2. The van der Waals surface area contributed by atoms with Gasteiger partial charge >= 0.3 is 0 Å². The van der Waals surface area contributed by atoms with E-state index in [0.29, 0.717) is 37.9 Å². The maximum Gasteiger partial charge on any atom is 0.161 e. The fourth-order valence-electron chi connectivity index (χ4n) is 3.07. The van der Waals surface area contributed by atoms with E-state index in [1.807, 2.05) is 12.1 Å². The van der Waals surface area contributed by atoms with Crippen molar-refractivity contribution in [1.82, 2.24) is 9.97 Å². The number of anilines is 1. The van der Waals surface area contributed by atoms with Gasteiger partial charge in [-0.3, -0.25) is 0 Å². The third-order valence-electron chi connectivity index (χ3n) is 4.35. The zero-order valence-corrected chi connectivity index (χ0v) is 13.3. The van der Waals surface area contributed by atoms with Crippen LogP contribution < -0.4 is 4.90 Å². The van der Waals surface area contributed by atoms with Gasteiger partial charge in [-0.1, -0.05) is 0 Å². The quantitative estimate of drug-likeness (QED) is 0.806. The van der Waals surface area contributed by atoms with Gasteiger partial charge in [0, 0.05) is 30.6 Å². The Bertz CT molecular complexity index is 742. The second-order valence-corrected chi connectivity index (χ2v) is 5.84. The number of hydrogen-bond donors (Lipinski definition) is 0. The second kappa shape index (κ2) is 6.62. The van der Waals surface area contributed by atoms with Crippen LogP contribution in [0, 0.1) is 4.91 Å². The number of nitroso groups, excluding NO2 is 1. The Morgan fingerprint density at radius 3 is 2.54 bits per heavy atom. The molecule has 0 spiro atoms. The third-order valence-corrected chi connectivity index (χ3v) is 4.35. The number of ether oxygens (including phenoxy) is 2. The molecule has 124 valence electrons. The summed E-state index contributed by atoms with van der Waals surface area (Å²) in [5.74, 6) is 1.64. The van der Waals surface area contributed by atoms with Crippen LogP contribution in [0.15, 0.2) is 29.4 Å². The molecule has 0 unspecified atom stereocenters. The van der Waals surface area contributed by atoms with Gasteiger partial charge in [-0.15, -0.1) is 4.91 Å². The molecule has 0 amide bonds. The normalized spacial score (nSPS) is 17.4. The van der Waals surface area contributed by atoms with Gasteiger partial charge in [-0.2, -0.15) is 0 Å². The standard InChI is InChI=1S/C17H18N4O3/c22-20-13-3-1-12(2-4-13)16-18-15-11-24-8-5-14(15)17(19-16)21-6-9-23-10-7-21/h1-4H,5-11H2. The minimum absolute atomic E-state index is 0.397. The molecule has 0 N–H and O–H groups in total. The van der Waals surface area contributed by atoms with Crippen LogP contribution >= 0.6 is 0 Å². The lowest BCUT2D eigenvalue weighted by molar-refractivity contribution is 0.106. The Labute approximate surface area is 139 Å². The predicted octanol–water partition coefficient (Wildman–Crippen LogP) is 2.45. The smallest absolute Gasteiger partial charge is 0.161 e. The highest BCUT2D eigenvalue weighted by Gasteiger charge is 2.23. The van der Waals surface area contributed by atoms with Crippen molar-refractivity contribution < 1.29 is 9.47 Å². The highest BCUT2D eigenvalue weighted by molar-refractivity contribution is 5.63. The van der Waals surface area contributed by atoms with Gasteiger partial charge in [-0.25, -0.2) is 9.97 Å². The molecule has 4 rings (SSSR count). The highest BCUT2D eigenvalue weighted by Crippen LogP contribution is 2.29. The average Bonchev–Trinajstić information content (AvgIpc) is 2.68. The molecule has 2 aromatic rings. The zero-order valence-electron chi connectivity index (χ0n) is 13.3. The lowest BCUT2D eigenvalue weighted by Crippen LogP contribution is -2.38. The summed E-state index contributed by atoms with van der Waals surface area (Å²) in [4.78, 5) is 22.4. The average molecular weight is 326 g/mol. The van der Waals surface area contributed by atoms with Gasteiger partial charge in [0.15, 0.2) is 5.82 Å². The maximum absolute atomic E-state index is 10.6. The minimum Gasteiger partial charge on any atom is -0.378 e. The van der Waals surface area contributed by atoms with E-state index in [0.717, 1.165) is 36.6 Å². The first kappa shape index (κ1) is 15.2. The Morgan fingerprint density at radius 2 is 1.79 bits per heavy atom. The second-order valence-electron chi connectivity index (χ2n) is 5.84. The number of morpholine rings is 1. The summed E-state index contributed by atoms with van der Waals surface area (Å²) in [6, 6.07) is 7.00. The molecule has 1 aromatic heterocycles. The van der Waals surface area contributed by atoms with E-state index in [2.05, 4.69) is 10.1 Å². The van der Waals surface area contributed by atoms with Crippen LogP contribution in [-0.2, 0) is 22.5 Å². The molecule has 0 radical (unpaired) electrons. The molecule has 2 aliphatic heterocycles. The van der Waals surface area contributed by atoms with Crippen molar-refractivity contribution in [3.8, 4) is 11.4 Å². The van der Waals surface area contributed by atoms with Crippen molar-refractivity contribution in [3.05, 3.63) is 40.4 Å². The Balaban J connectivity index is 1.77. The third kappa shape index (κ3) is 2.88. The number of benzene rings is 1. The molecule has 3 heterocycles. The van der Waals surface area contributed by atoms with Crippen molar-refractivity contribution in [1.29, 1.82) is 0 Å². The van der Waals surface area contributed by atoms with E-state index in [-0.39, 0.29) is 0 Å². The summed E-state index contributed by atoms with van der Waals surface area (Å²) >= 11 is 0. The molecule has 1 aromatic carbocycles. The summed E-state index contributed by atoms with van der Waals surface area (Å²) in [7, 11) is 0. The monoisotopic (exact) mass is 326 g/mol. The summed E-state index contributed by atoms with van der Waals surface area (Å²) in [6.45, 7) is 4.30. The van der Waals surface area contributed by atoms with Crippen molar-refractivity contribution in [3.63, 3.8) is 0 Å². The highest BCUT2D eigenvalue weighted by atomic mass is 16.5. The SMILES string of the molecule is O=Nc1ccc(-c2nc3c(c(N4CCOCC4)n2)CCOC3)cc1. The van der Waals surface area contributed by atoms with Crippen LogP contribution in [0.4, 0.5) is 11.5 Å². The predicted molar refractivity (Wildman–Crippen MR) is 89.3 cm³/mol. The lowest BCUT2D eigenvalue weighted by atomic mass is 10.1.